The fraction of sp³-hybridized carbons (Fsp3) is 0.0625. The quantitative estimate of drug-likeness (QED) is 0.602. The molecule has 0 fully saturated rings. The third-order valence-corrected chi connectivity index (χ3v) is 2.51. The van der Waals surface area contributed by atoms with Gasteiger partial charge in [-0.2, -0.15) is 0 Å². The van der Waals surface area contributed by atoms with Crippen molar-refractivity contribution in [2.75, 3.05) is 7.11 Å². The zero-order chi connectivity index (χ0) is 12.8. The van der Waals surface area contributed by atoms with Gasteiger partial charge in [0.15, 0.2) is 5.78 Å². The van der Waals surface area contributed by atoms with Crippen molar-refractivity contribution in [1.29, 1.82) is 0 Å². The van der Waals surface area contributed by atoms with Gasteiger partial charge >= 0.3 is 0 Å². The lowest BCUT2D eigenvalue weighted by Crippen LogP contribution is -1.92. The summed E-state index contributed by atoms with van der Waals surface area (Å²) in [4.78, 5) is 11.8. The van der Waals surface area contributed by atoms with Crippen LogP contribution in [0.25, 0.3) is 6.08 Å². The molecule has 0 atom stereocenters. The lowest BCUT2D eigenvalue weighted by molar-refractivity contribution is 0.104. The fourth-order valence-corrected chi connectivity index (χ4v) is 1.52. The van der Waals surface area contributed by atoms with Gasteiger partial charge in [-0.3, -0.25) is 4.79 Å². The van der Waals surface area contributed by atoms with Crippen LogP contribution in [0.4, 0.5) is 0 Å². The molecule has 0 saturated carbocycles. The number of rotatable bonds is 4. The highest BCUT2D eigenvalue weighted by Crippen LogP contribution is 2.12. The third-order valence-electron chi connectivity index (χ3n) is 2.51. The number of carbonyl (C=O) groups is 1. The molecule has 0 bridgehead atoms. The molecule has 2 aromatic carbocycles. The number of methoxy groups -OCH3 is 1. The second kappa shape index (κ2) is 5.82. The van der Waals surface area contributed by atoms with Crippen LogP contribution in [0.5, 0.6) is 5.75 Å². The van der Waals surface area contributed by atoms with Gasteiger partial charge in [0.1, 0.15) is 5.75 Å². The molecule has 2 aromatic rings. The van der Waals surface area contributed by atoms with Crippen molar-refractivity contribution in [2.24, 2.45) is 0 Å². The van der Waals surface area contributed by atoms with Gasteiger partial charge in [0, 0.05) is 11.6 Å². The molecule has 2 rings (SSSR count). The minimum atomic E-state index is -0.00795. The Morgan fingerprint density at radius 2 is 1.94 bits per heavy atom. The van der Waals surface area contributed by atoms with Gasteiger partial charge < -0.3 is 4.74 Å². The lowest BCUT2D eigenvalue weighted by atomic mass is 10.1. The largest absolute Gasteiger partial charge is 0.496 e. The topological polar surface area (TPSA) is 26.3 Å². The molecule has 0 amide bonds. The Morgan fingerprint density at radius 3 is 2.56 bits per heavy atom. The van der Waals surface area contributed by atoms with Crippen molar-refractivity contribution in [3.63, 3.8) is 0 Å². The third kappa shape index (κ3) is 3.08. The molecule has 89 valence electrons. The molecule has 0 aromatic heterocycles. The van der Waals surface area contributed by atoms with E-state index in [4.69, 9.17) is 4.74 Å². The smallest absolute Gasteiger partial charge is 0.185 e. The van der Waals surface area contributed by atoms with Crippen molar-refractivity contribution in [3.8, 4) is 5.75 Å². The highest BCUT2D eigenvalue weighted by Gasteiger charge is 1.99. The fourth-order valence-electron chi connectivity index (χ4n) is 1.52. The van der Waals surface area contributed by atoms with Crippen LogP contribution < -0.4 is 4.74 Å². The lowest BCUT2D eigenvalue weighted by Gasteiger charge is -1.98. The van der Waals surface area contributed by atoms with Gasteiger partial charge in [-0.15, -0.1) is 0 Å². The predicted molar refractivity (Wildman–Crippen MR) is 71.6 cm³/mol. The molecule has 0 N–H and O–H groups in total. The summed E-state index contributed by atoms with van der Waals surface area (Å²) in [5.74, 6) is 0.674. The number of carbonyl (C=O) groups excluding carboxylic acids is 1. The Balaban J connectivity index is 2.08. The maximum Gasteiger partial charge on any atom is 0.185 e. The number of allylic oxidation sites excluding steroid dienone is 1. The van der Waals surface area contributed by atoms with Crippen molar-refractivity contribution in [1.82, 2.24) is 0 Å². The van der Waals surface area contributed by atoms with Crippen LogP contribution in [0, 0.1) is 6.07 Å². The van der Waals surface area contributed by atoms with Crippen LogP contribution in [0.1, 0.15) is 15.9 Å². The molecular formula is C16H13O2. The van der Waals surface area contributed by atoms with E-state index in [-0.39, 0.29) is 5.78 Å². The molecule has 0 heterocycles. The molecule has 2 heteroatoms. The molecule has 0 spiro atoms. The summed E-state index contributed by atoms with van der Waals surface area (Å²) in [5, 5.41) is 0. The van der Waals surface area contributed by atoms with Crippen LogP contribution in [0.3, 0.4) is 0 Å². The summed E-state index contributed by atoms with van der Waals surface area (Å²) in [7, 11) is 1.60. The minimum absolute atomic E-state index is 0.00795. The van der Waals surface area contributed by atoms with Crippen LogP contribution in [-0.4, -0.2) is 12.9 Å². The highest BCUT2D eigenvalue weighted by molar-refractivity contribution is 6.06. The monoisotopic (exact) mass is 237 g/mol. The maximum atomic E-state index is 11.8. The van der Waals surface area contributed by atoms with E-state index in [0.717, 1.165) is 5.56 Å². The summed E-state index contributed by atoms with van der Waals surface area (Å²) in [6.07, 6.45) is 3.33. The van der Waals surface area contributed by atoms with E-state index in [1.54, 1.807) is 37.5 Å². The molecule has 0 aliphatic carbocycles. The second-order valence-corrected chi connectivity index (χ2v) is 3.75. The summed E-state index contributed by atoms with van der Waals surface area (Å²) in [5.41, 5.74) is 1.60. The number of hydrogen-bond acceptors (Lipinski definition) is 2. The van der Waals surface area contributed by atoms with Crippen LogP contribution in [-0.2, 0) is 0 Å². The Morgan fingerprint density at radius 1 is 1.17 bits per heavy atom. The van der Waals surface area contributed by atoms with Crippen LogP contribution in [0.15, 0.2) is 54.6 Å². The number of hydrogen-bond donors (Lipinski definition) is 0. The van der Waals surface area contributed by atoms with Gasteiger partial charge in [-0.25, -0.2) is 0 Å². The molecule has 0 saturated heterocycles. The van der Waals surface area contributed by atoms with Gasteiger partial charge in [-0.1, -0.05) is 42.5 Å². The maximum absolute atomic E-state index is 11.8. The Bertz CT molecular complexity index is 539. The first-order valence-corrected chi connectivity index (χ1v) is 5.63. The summed E-state index contributed by atoms with van der Waals surface area (Å²) in [6, 6.07) is 17.6. The van der Waals surface area contributed by atoms with Crippen LogP contribution in [0.2, 0.25) is 0 Å². The molecule has 18 heavy (non-hydrogen) atoms. The van der Waals surface area contributed by atoms with Crippen molar-refractivity contribution in [2.45, 2.75) is 0 Å². The molecule has 1 radical (unpaired) electrons. The van der Waals surface area contributed by atoms with E-state index in [9.17, 15) is 4.79 Å². The SMILES string of the molecule is COc1[c]cc(/C=C/C(=O)c2ccccc2)cc1. The van der Waals surface area contributed by atoms with Crippen molar-refractivity contribution >= 4 is 11.9 Å². The number of ketones is 1. The first-order valence-electron chi connectivity index (χ1n) is 5.63. The Kier molecular flexibility index (Phi) is 3.92. The van der Waals surface area contributed by atoms with E-state index < -0.39 is 0 Å². The van der Waals surface area contributed by atoms with E-state index in [0.29, 0.717) is 11.3 Å². The summed E-state index contributed by atoms with van der Waals surface area (Å²) in [6.45, 7) is 0. The van der Waals surface area contributed by atoms with Crippen molar-refractivity contribution < 1.29 is 9.53 Å². The first kappa shape index (κ1) is 12.1. The number of benzene rings is 2. The van der Waals surface area contributed by atoms with E-state index >= 15 is 0 Å². The van der Waals surface area contributed by atoms with E-state index in [1.165, 1.54) is 0 Å². The normalized spacial score (nSPS) is 10.5. The second-order valence-electron chi connectivity index (χ2n) is 3.75. The first-order chi connectivity index (χ1) is 8.79. The van der Waals surface area contributed by atoms with Crippen molar-refractivity contribution in [3.05, 3.63) is 71.8 Å². The number of ether oxygens (including phenoxy) is 1. The Labute approximate surface area is 107 Å². The average molecular weight is 237 g/mol. The van der Waals surface area contributed by atoms with Gasteiger partial charge in [-0.05, 0) is 23.8 Å². The standard InChI is InChI=1S/C16H13O2/c1-18-15-10-7-13(8-11-15)9-12-16(17)14-5-3-2-4-6-14/h2-10,12H,1H3/b12-9+. The van der Waals surface area contributed by atoms with Crippen LogP contribution >= 0.6 is 0 Å². The zero-order valence-electron chi connectivity index (χ0n) is 10.1. The summed E-state index contributed by atoms with van der Waals surface area (Å²) >= 11 is 0. The van der Waals surface area contributed by atoms with Gasteiger partial charge in [0.05, 0.1) is 7.11 Å². The minimum Gasteiger partial charge on any atom is -0.496 e. The zero-order valence-corrected chi connectivity index (χ0v) is 10.1. The Hall–Kier alpha value is -2.35. The van der Waals surface area contributed by atoms with Gasteiger partial charge in [0.25, 0.3) is 0 Å². The molecule has 0 aliphatic heterocycles. The molecular weight excluding hydrogens is 224 g/mol. The summed E-state index contributed by atoms with van der Waals surface area (Å²) < 4.78 is 5.02. The molecule has 2 nitrogen and oxygen atoms in total. The van der Waals surface area contributed by atoms with Gasteiger partial charge in [0.2, 0.25) is 0 Å². The van der Waals surface area contributed by atoms with E-state index in [1.807, 2.05) is 30.3 Å². The highest BCUT2D eigenvalue weighted by atomic mass is 16.5. The molecule has 0 unspecified atom stereocenters. The average Bonchev–Trinajstić information content (AvgIpc) is 2.46. The predicted octanol–water partition coefficient (Wildman–Crippen LogP) is 3.39. The molecule has 0 aliphatic rings. The van der Waals surface area contributed by atoms with E-state index in [2.05, 4.69) is 6.07 Å².